The number of nitrogens with zero attached hydrogens (tertiary/aromatic N) is 2. The van der Waals surface area contributed by atoms with E-state index in [-0.39, 0.29) is 12.2 Å². The van der Waals surface area contributed by atoms with E-state index in [0.29, 0.717) is 28.9 Å². The van der Waals surface area contributed by atoms with E-state index >= 15 is 0 Å². The smallest absolute Gasteiger partial charge is 0.410 e. The average Bonchev–Trinajstić information content (AvgIpc) is 2.30. The largest absolute Gasteiger partial charge is 0.485 e. The maximum absolute atomic E-state index is 11.8. The van der Waals surface area contributed by atoms with Crippen molar-refractivity contribution in [1.29, 1.82) is 5.26 Å². The molecule has 1 aliphatic rings. The first-order valence-corrected chi connectivity index (χ1v) is 7.42. The van der Waals surface area contributed by atoms with Crippen molar-refractivity contribution in [2.75, 3.05) is 13.1 Å². The first kappa shape index (κ1) is 15.6. The Morgan fingerprint density at radius 1 is 1.43 bits per heavy atom. The van der Waals surface area contributed by atoms with Gasteiger partial charge in [0.1, 0.15) is 29.1 Å². The molecule has 0 aromatic heterocycles. The molecule has 2 rings (SSSR count). The van der Waals surface area contributed by atoms with Gasteiger partial charge in [0.05, 0.1) is 13.1 Å². The van der Waals surface area contributed by atoms with Gasteiger partial charge in [0, 0.05) is 4.47 Å². The molecule has 0 unspecified atom stereocenters. The predicted molar refractivity (Wildman–Crippen MR) is 81.1 cm³/mol. The Hall–Kier alpha value is -1.74. The Morgan fingerprint density at radius 3 is 2.67 bits per heavy atom. The molecule has 0 aliphatic carbocycles. The maximum atomic E-state index is 11.8. The van der Waals surface area contributed by atoms with Gasteiger partial charge in [-0.2, -0.15) is 5.26 Å². The minimum atomic E-state index is -0.499. The molecule has 1 saturated heterocycles. The maximum Gasteiger partial charge on any atom is 0.410 e. The lowest BCUT2D eigenvalue weighted by Gasteiger charge is -2.39. The third-order valence-corrected chi connectivity index (χ3v) is 3.54. The fraction of sp³-hybridized carbons (Fsp3) is 0.467. The van der Waals surface area contributed by atoms with Crippen LogP contribution in [0.25, 0.3) is 0 Å². The summed E-state index contributed by atoms with van der Waals surface area (Å²) >= 11 is 3.32. The number of ether oxygens (including phenoxy) is 2. The summed E-state index contributed by atoms with van der Waals surface area (Å²) in [6, 6.07) is 7.46. The van der Waals surface area contributed by atoms with Crippen LogP contribution >= 0.6 is 15.9 Å². The molecule has 1 aliphatic heterocycles. The van der Waals surface area contributed by atoms with Gasteiger partial charge in [-0.15, -0.1) is 0 Å². The van der Waals surface area contributed by atoms with Crippen molar-refractivity contribution in [2.24, 2.45) is 0 Å². The third-order valence-electron chi connectivity index (χ3n) is 2.88. The summed E-state index contributed by atoms with van der Waals surface area (Å²) in [6.45, 7) is 6.43. The summed E-state index contributed by atoms with van der Waals surface area (Å²) in [5.41, 5.74) is -0.0328. The van der Waals surface area contributed by atoms with Crippen molar-refractivity contribution < 1.29 is 14.3 Å². The van der Waals surface area contributed by atoms with Gasteiger partial charge in [-0.1, -0.05) is 6.07 Å². The van der Waals surface area contributed by atoms with Crippen LogP contribution in [0.3, 0.4) is 0 Å². The molecule has 1 aromatic rings. The lowest BCUT2D eigenvalue weighted by molar-refractivity contribution is -0.0222. The Kier molecular flexibility index (Phi) is 4.43. The van der Waals surface area contributed by atoms with Crippen LogP contribution in [0.5, 0.6) is 5.75 Å². The second-order valence-corrected chi connectivity index (χ2v) is 6.70. The van der Waals surface area contributed by atoms with E-state index in [1.807, 2.05) is 26.8 Å². The SMILES string of the molecule is CC(C)(C)OC(=O)N1CC(Oc2cccc(Br)c2C#N)C1. The molecule has 6 heteroatoms. The van der Waals surface area contributed by atoms with Crippen LogP contribution in [-0.4, -0.2) is 35.8 Å². The highest BCUT2D eigenvalue weighted by Gasteiger charge is 2.35. The van der Waals surface area contributed by atoms with Crippen LogP contribution in [0.15, 0.2) is 22.7 Å². The summed E-state index contributed by atoms with van der Waals surface area (Å²) < 4.78 is 11.7. The highest BCUT2D eigenvalue weighted by molar-refractivity contribution is 9.10. The monoisotopic (exact) mass is 352 g/mol. The molecule has 0 saturated carbocycles. The zero-order valence-electron chi connectivity index (χ0n) is 12.2. The van der Waals surface area contributed by atoms with E-state index in [9.17, 15) is 4.79 Å². The fourth-order valence-corrected chi connectivity index (χ4v) is 2.32. The molecule has 1 heterocycles. The zero-order valence-corrected chi connectivity index (χ0v) is 13.8. The number of benzene rings is 1. The molecular formula is C15H17BrN2O3. The normalized spacial score (nSPS) is 15.1. The Morgan fingerprint density at radius 2 is 2.10 bits per heavy atom. The molecule has 112 valence electrons. The standard InChI is InChI=1S/C15H17BrN2O3/c1-15(2,3)21-14(19)18-8-10(9-18)20-13-6-4-5-12(16)11(13)7-17/h4-6,10H,8-9H2,1-3H3. The topological polar surface area (TPSA) is 62.6 Å². The molecule has 0 bridgehead atoms. The second kappa shape index (κ2) is 5.94. The van der Waals surface area contributed by atoms with Crippen molar-refractivity contribution in [2.45, 2.75) is 32.5 Å². The fourth-order valence-electron chi connectivity index (χ4n) is 1.88. The Bertz CT molecular complexity index is 584. The van der Waals surface area contributed by atoms with Crippen LogP contribution < -0.4 is 4.74 Å². The molecule has 0 radical (unpaired) electrons. The van der Waals surface area contributed by atoms with Crippen molar-refractivity contribution in [3.63, 3.8) is 0 Å². The van der Waals surface area contributed by atoms with E-state index in [1.165, 1.54) is 0 Å². The van der Waals surface area contributed by atoms with Gasteiger partial charge in [-0.25, -0.2) is 4.79 Å². The lowest BCUT2D eigenvalue weighted by atomic mass is 10.1. The van der Waals surface area contributed by atoms with Gasteiger partial charge in [0.2, 0.25) is 0 Å². The van der Waals surface area contributed by atoms with Crippen LogP contribution in [0.1, 0.15) is 26.3 Å². The molecule has 1 fully saturated rings. The summed E-state index contributed by atoms with van der Waals surface area (Å²) in [5.74, 6) is 0.528. The van der Waals surface area contributed by atoms with E-state index in [2.05, 4.69) is 22.0 Å². The Labute approximate surface area is 132 Å². The van der Waals surface area contributed by atoms with Gasteiger partial charge in [-0.05, 0) is 48.8 Å². The molecule has 21 heavy (non-hydrogen) atoms. The van der Waals surface area contributed by atoms with Gasteiger partial charge in [-0.3, -0.25) is 0 Å². The first-order valence-electron chi connectivity index (χ1n) is 6.63. The number of hydrogen-bond donors (Lipinski definition) is 0. The number of rotatable bonds is 2. The molecular weight excluding hydrogens is 336 g/mol. The molecule has 1 amide bonds. The minimum absolute atomic E-state index is 0.112. The van der Waals surface area contributed by atoms with Crippen LogP contribution in [-0.2, 0) is 4.74 Å². The minimum Gasteiger partial charge on any atom is -0.485 e. The number of hydrogen-bond acceptors (Lipinski definition) is 4. The number of likely N-dealkylation sites (tertiary alicyclic amines) is 1. The van der Waals surface area contributed by atoms with Crippen LogP contribution in [0, 0.1) is 11.3 Å². The third kappa shape index (κ3) is 3.88. The van der Waals surface area contributed by atoms with Crippen molar-refractivity contribution >= 4 is 22.0 Å². The quantitative estimate of drug-likeness (QED) is 0.818. The number of carbonyl (C=O) groups is 1. The van der Waals surface area contributed by atoms with Crippen molar-refractivity contribution in [3.05, 3.63) is 28.2 Å². The molecule has 0 atom stereocenters. The van der Waals surface area contributed by atoms with Crippen molar-refractivity contribution in [1.82, 2.24) is 4.90 Å². The highest BCUT2D eigenvalue weighted by Crippen LogP contribution is 2.28. The first-order chi connectivity index (χ1) is 9.80. The molecule has 1 aromatic carbocycles. The lowest BCUT2D eigenvalue weighted by Crippen LogP contribution is -2.57. The highest BCUT2D eigenvalue weighted by atomic mass is 79.9. The molecule has 0 N–H and O–H groups in total. The zero-order chi connectivity index (χ0) is 15.6. The summed E-state index contributed by atoms with van der Waals surface area (Å²) in [7, 11) is 0. The van der Waals surface area contributed by atoms with Crippen molar-refractivity contribution in [3.8, 4) is 11.8 Å². The Balaban J connectivity index is 1.91. The van der Waals surface area contributed by atoms with Crippen LogP contribution in [0.4, 0.5) is 4.79 Å². The van der Waals surface area contributed by atoms with E-state index < -0.39 is 5.60 Å². The van der Waals surface area contributed by atoms with E-state index in [4.69, 9.17) is 14.7 Å². The number of amides is 1. The van der Waals surface area contributed by atoms with Gasteiger partial charge in [0.15, 0.2) is 0 Å². The molecule has 0 spiro atoms. The van der Waals surface area contributed by atoms with Gasteiger partial charge < -0.3 is 14.4 Å². The molecule has 5 nitrogen and oxygen atoms in total. The number of nitriles is 1. The summed E-state index contributed by atoms with van der Waals surface area (Å²) in [6.07, 6.45) is -0.448. The van der Waals surface area contributed by atoms with E-state index in [1.54, 1.807) is 17.0 Å². The van der Waals surface area contributed by atoms with Crippen LogP contribution in [0.2, 0.25) is 0 Å². The second-order valence-electron chi connectivity index (χ2n) is 5.85. The number of carbonyl (C=O) groups excluding carboxylic acids is 1. The van der Waals surface area contributed by atoms with Gasteiger partial charge >= 0.3 is 6.09 Å². The summed E-state index contributed by atoms with van der Waals surface area (Å²) in [5, 5.41) is 9.13. The van der Waals surface area contributed by atoms with Gasteiger partial charge in [0.25, 0.3) is 0 Å². The average molecular weight is 353 g/mol. The predicted octanol–water partition coefficient (Wildman–Crippen LogP) is 3.32. The number of halogens is 1. The van der Waals surface area contributed by atoms with E-state index in [0.717, 1.165) is 0 Å². The summed E-state index contributed by atoms with van der Waals surface area (Å²) in [4.78, 5) is 13.4.